The van der Waals surface area contributed by atoms with E-state index >= 15 is 0 Å². The summed E-state index contributed by atoms with van der Waals surface area (Å²) in [6.45, 7) is 4.31. The van der Waals surface area contributed by atoms with Crippen molar-refractivity contribution in [2.45, 2.75) is 26.4 Å². The van der Waals surface area contributed by atoms with Gasteiger partial charge >= 0.3 is 0 Å². The van der Waals surface area contributed by atoms with Crippen molar-refractivity contribution in [1.29, 1.82) is 0 Å². The van der Waals surface area contributed by atoms with E-state index in [1.165, 1.54) is 5.56 Å². The van der Waals surface area contributed by atoms with Gasteiger partial charge in [-0.3, -0.25) is 0 Å². The molecule has 1 N–H and O–H groups in total. The molecule has 19 heavy (non-hydrogen) atoms. The summed E-state index contributed by atoms with van der Waals surface area (Å²) in [5.41, 5.74) is 2.04. The van der Waals surface area contributed by atoms with Gasteiger partial charge in [0.15, 0.2) is 0 Å². The van der Waals surface area contributed by atoms with Crippen LogP contribution in [0.4, 0.5) is 0 Å². The molecule has 0 unspecified atom stereocenters. The Kier molecular flexibility index (Phi) is 4.61. The van der Waals surface area contributed by atoms with E-state index in [1.807, 2.05) is 36.4 Å². The standard InChI is InChI=1S/C16H17BrO2/c1-11(2)14-5-3-4-6-16(14)19-13-8-7-12(10-18)15(17)9-13/h3-9,11,18H,10H2,1-2H3. The lowest BCUT2D eigenvalue weighted by Crippen LogP contribution is -1.94. The van der Waals surface area contributed by atoms with Gasteiger partial charge in [-0.25, -0.2) is 0 Å². The van der Waals surface area contributed by atoms with Gasteiger partial charge in [0.25, 0.3) is 0 Å². The predicted octanol–water partition coefficient (Wildman–Crippen LogP) is 4.86. The molecule has 0 saturated carbocycles. The second-order valence-electron chi connectivity index (χ2n) is 4.71. The SMILES string of the molecule is CC(C)c1ccccc1Oc1ccc(CO)c(Br)c1. The van der Waals surface area contributed by atoms with Gasteiger partial charge in [0.2, 0.25) is 0 Å². The first-order chi connectivity index (χ1) is 9.11. The van der Waals surface area contributed by atoms with Crippen molar-refractivity contribution < 1.29 is 9.84 Å². The van der Waals surface area contributed by atoms with Gasteiger partial charge in [0, 0.05) is 4.47 Å². The number of para-hydroxylation sites is 1. The normalized spacial score (nSPS) is 10.8. The Morgan fingerprint density at radius 3 is 2.53 bits per heavy atom. The van der Waals surface area contributed by atoms with Gasteiger partial charge in [0.1, 0.15) is 11.5 Å². The minimum absolute atomic E-state index is 0.0173. The third-order valence-corrected chi connectivity index (χ3v) is 3.70. The molecule has 0 aliphatic carbocycles. The van der Waals surface area contributed by atoms with Gasteiger partial charge in [-0.1, -0.05) is 54.0 Å². The molecule has 2 aromatic rings. The molecular formula is C16H17BrO2. The Morgan fingerprint density at radius 1 is 1.16 bits per heavy atom. The number of ether oxygens (including phenoxy) is 1. The highest BCUT2D eigenvalue weighted by molar-refractivity contribution is 9.10. The summed E-state index contributed by atoms with van der Waals surface area (Å²) in [5, 5.41) is 9.15. The smallest absolute Gasteiger partial charge is 0.130 e. The molecule has 0 aliphatic heterocycles. The maximum Gasteiger partial charge on any atom is 0.130 e. The van der Waals surface area contributed by atoms with Gasteiger partial charge < -0.3 is 9.84 Å². The number of aliphatic hydroxyl groups excluding tert-OH is 1. The van der Waals surface area contributed by atoms with Crippen molar-refractivity contribution in [2.24, 2.45) is 0 Å². The van der Waals surface area contributed by atoms with E-state index in [0.29, 0.717) is 5.92 Å². The van der Waals surface area contributed by atoms with Gasteiger partial charge in [-0.2, -0.15) is 0 Å². The highest BCUT2D eigenvalue weighted by Crippen LogP contribution is 2.32. The van der Waals surface area contributed by atoms with E-state index in [-0.39, 0.29) is 6.61 Å². The van der Waals surface area contributed by atoms with Crippen LogP contribution in [0, 0.1) is 0 Å². The van der Waals surface area contributed by atoms with Crippen molar-refractivity contribution in [2.75, 3.05) is 0 Å². The summed E-state index contributed by atoms with van der Waals surface area (Å²) < 4.78 is 6.80. The lowest BCUT2D eigenvalue weighted by Gasteiger charge is -2.14. The van der Waals surface area contributed by atoms with Crippen molar-refractivity contribution >= 4 is 15.9 Å². The maximum absolute atomic E-state index is 9.15. The minimum Gasteiger partial charge on any atom is -0.457 e. The molecule has 0 aliphatic rings. The van der Waals surface area contributed by atoms with E-state index in [9.17, 15) is 0 Å². The molecule has 0 radical (unpaired) electrons. The van der Waals surface area contributed by atoms with Crippen LogP contribution >= 0.6 is 15.9 Å². The van der Waals surface area contributed by atoms with Crippen LogP contribution in [0.25, 0.3) is 0 Å². The number of benzene rings is 2. The molecule has 0 saturated heterocycles. The molecule has 0 bridgehead atoms. The van der Waals surface area contributed by atoms with E-state index in [1.54, 1.807) is 0 Å². The largest absolute Gasteiger partial charge is 0.457 e. The third-order valence-electron chi connectivity index (χ3n) is 2.96. The molecule has 100 valence electrons. The molecule has 0 aromatic heterocycles. The molecular weight excluding hydrogens is 304 g/mol. The van der Waals surface area contributed by atoms with Crippen molar-refractivity contribution in [3.8, 4) is 11.5 Å². The zero-order chi connectivity index (χ0) is 13.8. The predicted molar refractivity (Wildman–Crippen MR) is 80.7 cm³/mol. The molecule has 3 heteroatoms. The first-order valence-electron chi connectivity index (χ1n) is 6.28. The zero-order valence-corrected chi connectivity index (χ0v) is 12.6. The summed E-state index contributed by atoms with van der Waals surface area (Å²) >= 11 is 3.43. The molecule has 0 spiro atoms. The third kappa shape index (κ3) is 3.37. The molecule has 2 rings (SSSR count). The monoisotopic (exact) mass is 320 g/mol. The lowest BCUT2D eigenvalue weighted by molar-refractivity contribution is 0.281. The first kappa shape index (κ1) is 14.1. The zero-order valence-electron chi connectivity index (χ0n) is 11.1. The quantitative estimate of drug-likeness (QED) is 0.871. The van der Waals surface area contributed by atoms with Crippen LogP contribution < -0.4 is 4.74 Å². The second kappa shape index (κ2) is 6.22. The number of rotatable bonds is 4. The van der Waals surface area contributed by atoms with Crippen LogP contribution in [-0.4, -0.2) is 5.11 Å². The van der Waals surface area contributed by atoms with Crippen molar-refractivity contribution in [3.63, 3.8) is 0 Å². The van der Waals surface area contributed by atoms with Gasteiger partial charge in [-0.15, -0.1) is 0 Å². The molecule has 0 fully saturated rings. The molecule has 2 nitrogen and oxygen atoms in total. The highest BCUT2D eigenvalue weighted by atomic mass is 79.9. The fourth-order valence-electron chi connectivity index (χ4n) is 1.90. The fourth-order valence-corrected chi connectivity index (χ4v) is 2.38. The van der Waals surface area contributed by atoms with Gasteiger partial charge in [0.05, 0.1) is 6.61 Å². The maximum atomic E-state index is 9.15. The average molecular weight is 321 g/mol. The Labute approximate surface area is 122 Å². The number of halogens is 1. The number of aliphatic hydroxyl groups is 1. The van der Waals surface area contributed by atoms with Crippen LogP contribution in [0.15, 0.2) is 46.9 Å². The molecule has 0 heterocycles. The highest BCUT2D eigenvalue weighted by Gasteiger charge is 2.08. The summed E-state index contributed by atoms with van der Waals surface area (Å²) in [7, 11) is 0. The van der Waals surface area contributed by atoms with E-state index in [4.69, 9.17) is 9.84 Å². The Bertz CT molecular complexity index is 564. The van der Waals surface area contributed by atoms with E-state index in [0.717, 1.165) is 21.5 Å². The van der Waals surface area contributed by atoms with Crippen LogP contribution in [0.1, 0.15) is 30.9 Å². The average Bonchev–Trinajstić information content (AvgIpc) is 2.39. The number of hydrogen-bond acceptors (Lipinski definition) is 2. The summed E-state index contributed by atoms with van der Waals surface area (Å²) in [4.78, 5) is 0. The summed E-state index contributed by atoms with van der Waals surface area (Å²) in [6.07, 6.45) is 0. The topological polar surface area (TPSA) is 29.5 Å². The molecule has 2 aromatic carbocycles. The molecule has 0 atom stereocenters. The Morgan fingerprint density at radius 2 is 1.89 bits per heavy atom. The van der Waals surface area contributed by atoms with Crippen molar-refractivity contribution in [1.82, 2.24) is 0 Å². The van der Waals surface area contributed by atoms with Crippen LogP contribution in [0.2, 0.25) is 0 Å². The second-order valence-corrected chi connectivity index (χ2v) is 5.56. The Balaban J connectivity index is 2.29. The Hall–Kier alpha value is -1.32. The van der Waals surface area contributed by atoms with Crippen LogP contribution in [-0.2, 0) is 6.61 Å². The van der Waals surface area contributed by atoms with Gasteiger partial charge in [-0.05, 0) is 35.2 Å². The van der Waals surface area contributed by atoms with Crippen molar-refractivity contribution in [3.05, 3.63) is 58.1 Å². The van der Waals surface area contributed by atoms with E-state index in [2.05, 4.69) is 35.8 Å². The lowest BCUT2D eigenvalue weighted by atomic mass is 10.0. The number of hydrogen-bond donors (Lipinski definition) is 1. The summed E-state index contributed by atoms with van der Waals surface area (Å²) in [5.74, 6) is 2.05. The van der Waals surface area contributed by atoms with Crippen LogP contribution in [0.3, 0.4) is 0 Å². The fraction of sp³-hybridized carbons (Fsp3) is 0.250. The first-order valence-corrected chi connectivity index (χ1v) is 7.07. The van der Waals surface area contributed by atoms with Crippen LogP contribution in [0.5, 0.6) is 11.5 Å². The summed E-state index contributed by atoms with van der Waals surface area (Å²) in [6, 6.07) is 13.7. The molecule has 0 amide bonds. The van der Waals surface area contributed by atoms with E-state index < -0.39 is 0 Å². The minimum atomic E-state index is 0.0173.